The van der Waals surface area contributed by atoms with Crippen LogP contribution in [-0.4, -0.2) is 23.1 Å². The molecule has 3 aromatic rings. The van der Waals surface area contributed by atoms with E-state index in [9.17, 15) is 0 Å². The summed E-state index contributed by atoms with van der Waals surface area (Å²) in [6.45, 7) is 4.66. The Morgan fingerprint density at radius 2 is 1.80 bits per heavy atom. The summed E-state index contributed by atoms with van der Waals surface area (Å²) in [5, 5.41) is 4.48. The molecule has 5 heteroatoms. The molecule has 1 aliphatic rings. The van der Waals surface area contributed by atoms with E-state index in [0.29, 0.717) is 0 Å². The summed E-state index contributed by atoms with van der Waals surface area (Å²) in [5.74, 6) is 1.70. The Bertz CT molecular complexity index is 871. The van der Waals surface area contributed by atoms with Gasteiger partial charge in [-0.05, 0) is 83.8 Å². The maximum atomic E-state index is 4.43. The molecule has 1 aromatic heterocycles. The third kappa shape index (κ3) is 3.71. The molecule has 0 amide bonds. The molecule has 0 unspecified atom stereocenters. The Kier molecular flexibility index (Phi) is 4.74. The van der Waals surface area contributed by atoms with Crippen molar-refractivity contribution in [1.82, 2.24) is 9.97 Å². The fourth-order valence-electron chi connectivity index (χ4n) is 3.29. The maximum Gasteiger partial charge on any atom is 0.141 e. The Labute approximate surface area is 161 Å². The van der Waals surface area contributed by atoms with Gasteiger partial charge in [0.2, 0.25) is 0 Å². The Hall–Kier alpha value is -1.89. The van der Waals surface area contributed by atoms with Crippen molar-refractivity contribution in [1.29, 1.82) is 0 Å². The average molecular weight is 444 g/mol. The largest absolute Gasteiger partial charge is 0.372 e. The summed E-state index contributed by atoms with van der Waals surface area (Å²) in [5.41, 5.74) is 3.31. The van der Waals surface area contributed by atoms with Gasteiger partial charge in [-0.2, -0.15) is 0 Å². The number of aromatic nitrogens is 2. The molecule has 2 heterocycles. The number of nitrogens with zero attached hydrogens (tertiary/aromatic N) is 3. The van der Waals surface area contributed by atoms with Crippen LogP contribution in [0.5, 0.6) is 0 Å². The molecule has 0 saturated carbocycles. The van der Waals surface area contributed by atoms with E-state index in [1.54, 1.807) is 6.33 Å². The number of halogens is 1. The van der Waals surface area contributed by atoms with Gasteiger partial charge in [0.15, 0.2) is 0 Å². The molecular weight excluding hydrogens is 423 g/mol. The standard InChI is InChI=1S/C20H21IN4/c1-14-8-10-25(11-9-14)17-5-3-16(4-6-17)24-20-18-12-15(21)2-7-19(18)22-13-23-20/h2-7,12-14H,8-11H2,1H3,(H,22,23,24). The molecule has 4 rings (SSSR count). The normalized spacial score (nSPS) is 15.5. The second-order valence-corrected chi connectivity index (χ2v) is 7.97. The van der Waals surface area contributed by atoms with Gasteiger partial charge in [0.1, 0.15) is 12.1 Å². The van der Waals surface area contributed by atoms with E-state index in [-0.39, 0.29) is 0 Å². The summed E-state index contributed by atoms with van der Waals surface area (Å²) >= 11 is 2.32. The highest BCUT2D eigenvalue weighted by Gasteiger charge is 2.15. The van der Waals surface area contributed by atoms with Crippen molar-refractivity contribution >= 4 is 50.7 Å². The first-order valence-corrected chi connectivity index (χ1v) is 9.79. The van der Waals surface area contributed by atoms with Crippen LogP contribution < -0.4 is 10.2 Å². The van der Waals surface area contributed by atoms with E-state index < -0.39 is 0 Å². The van der Waals surface area contributed by atoms with Crippen molar-refractivity contribution in [2.75, 3.05) is 23.3 Å². The summed E-state index contributed by atoms with van der Waals surface area (Å²) < 4.78 is 1.18. The third-order valence-corrected chi connectivity index (χ3v) is 5.55. The fourth-order valence-corrected chi connectivity index (χ4v) is 3.78. The summed E-state index contributed by atoms with van der Waals surface area (Å²) in [4.78, 5) is 11.3. The van der Waals surface area contributed by atoms with Gasteiger partial charge in [0.25, 0.3) is 0 Å². The predicted molar refractivity (Wildman–Crippen MR) is 113 cm³/mol. The zero-order chi connectivity index (χ0) is 17.2. The van der Waals surface area contributed by atoms with Crippen molar-refractivity contribution in [2.24, 2.45) is 5.92 Å². The Morgan fingerprint density at radius 1 is 1.04 bits per heavy atom. The first kappa shape index (κ1) is 16.6. The number of anilines is 3. The SMILES string of the molecule is CC1CCN(c2ccc(Nc3ncnc4ccc(I)cc34)cc2)CC1. The third-order valence-electron chi connectivity index (χ3n) is 4.88. The first-order chi connectivity index (χ1) is 12.2. The molecule has 0 bridgehead atoms. The van der Waals surface area contributed by atoms with Gasteiger partial charge in [0, 0.05) is 33.4 Å². The molecule has 0 aliphatic carbocycles. The van der Waals surface area contributed by atoms with Crippen molar-refractivity contribution in [2.45, 2.75) is 19.8 Å². The van der Waals surface area contributed by atoms with Crippen molar-refractivity contribution in [3.8, 4) is 0 Å². The Morgan fingerprint density at radius 3 is 2.56 bits per heavy atom. The zero-order valence-electron chi connectivity index (χ0n) is 14.2. The van der Waals surface area contributed by atoms with Gasteiger partial charge in [-0.1, -0.05) is 6.92 Å². The van der Waals surface area contributed by atoms with Gasteiger partial charge in [-0.3, -0.25) is 0 Å². The minimum absolute atomic E-state index is 0.850. The number of hydrogen-bond acceptors (Lipinski definition) is 4. The summed E-state index contributed by atoms with van der Waals surface area (Å²) in [6, 6.07) is 14.9. The highest BCUT2D eigenvalue weighted by molar-refractivity contribution is 14.1. The molecule has 4 nitrogen and oxygen atoms in total. The number of fused-ring (bicyclic) bond motifs is 1. The van der Waals surface area contributed by atoms with Gasteiger partial charge >= 0.3 is 0 Å². The molecule has 0 spiro atoms. The highest BCUT2D eigenvalue weighted by Crippen LogP contribution is 2.27. The lowest BCUT2D eigenvalue weighted by molar-refractivity contribution is 0.438. The van der Waals surface area contributed by atoms with Crippen LogP contribution in [-0.2, 0) is 0 Å². The van der Waals surface area contributed by atoms with Crippen LogP contribution in [0.2, 0.25) is 0 Å². The van der Waals surface area contributed by atoms with Gasteiger partial charge < -0.3 is 10.2 Å². The van der Waals surface area contributed by atoms with E-state index in [0.717, 1.165) is 41.4 Å². The number of hydrogen-bond donors (Lipinski definition) is 1. The van der Waals surface area contributed by atoms with Crippen LogP contribution in [0.3, 0.4) is 0 Å². The van der Waals surface area contributed by atoms with E-state index in [4.69, 9.17) is 0 Å². The number of nitrogens with one attached hydrogen (secondary N) is 1. The van der Waals surface area contributed by atoms with E-state index >= 15 is 0 Å². The van der Waals surface area contributed by atoms with Gasteiger partial charge in [-0.15, -0.1) is 0 Å². The van der Waals surface area contributed by atoms with E-state index in [1.807, 2.05) is 6.07 Å². The van der Waals surface area contributed by atoms with Crippen LogP contribution in [0.15, 0.2) is 48.8 Å². The predicted octanol–water partition coefficient (Wildman–Crippen LogP) is 5.21. The maximum absolute atomic E-state index is 4.43. The van der Waals surface area contributed by atoms with Crippen LogP contribution in [0.1, 0.15) is 19.8 Å². The van der Waals surface area contributed by atoms with Crippen LogP contribution in [0.25, 0.3) is 10.9 Å². The molecule has 128 valence electrons. The second-order valence-electron chi connectivity index (χ2n) is 6.73. The summed E-state index contributed by atoms with van der Waals surface area (Å²) in [6.07, 6.45) is 4.18. The number of benzene rings is 2. The lowest BCUT2D eigenvalue weighted by Gasteiger charge is -2.32. The molecule has 25 heavy (non-hydrogen) atoms. The minimum Gasteiger partial charge on any atom is -0.372 e. The fraction of sp³-hybridized carbons (Fsp3) is 0.300. The molecule has 1 N–H and O–H groups in total. The van der Waals surface area contributed by atoms with Crippen molar-refractivity contribution in [3.63, 3.8) is 0 Å². The second kappa shape index (κ2) is 7.15. The molecule has 2 aromatic carbocycles. The quantitative estimate of drug-likeness (QED) is 0.563. The Balaban J connectivity index is 1.55. The molecule has 1 fully saturated rings. The van der Waals surface area contributed by atoms with Crippen LogP contribution in [0, 0.1) is 9.49 Å². The highest BCUT2D eigenvalue weighted by atomic mass is 127. The smallest absolute Gasteiger partial charge is 0.141 e. The molecular formula is C20H21IN4. The van der Waals surface area contributed by atoms with Crippen molar-refractivity contribution < 1.29 is 0 Å². The van der Waals surface area contributed by atoms with E-state index in [2.05, 4.69) is 86.1 Å². The van der Waals surface area contributed by atoms with E-state index in [1.165, 1.54) is 22.1 Å². The molecule has 0 atom stereocenters. The van der Waals surface area contributed by atoms with Crippen LogP contribution >= 0.6 is 22.6 Å². The van der Waals surface area contributed by atoms with Crippen molar-refractivity contribution in [3.05, 3.63) is 52.4 Å². The molecule has 1 saturated heterocycles. The lowest BCUT2D eigenvalue weighted by atomic mass is 9.99. The molecule has 1 aliphatic heterocycles. The minimum atomic E-state index is 0.850. The number of rotatable bonds is 3. The average Bonchev–Trinajstić information content (AvgIpc) is 2.64. The van der Waals surface area contributed by atoms with Crippen LogP contribution in [0.4, 0.5) is 17.2 Å². The lowest BCUT2D eigenvalue weighted by Crippen LogP contribution is -2.32. The van der Waals surface area contributed by atoms with Gasteiger partial charge in [-0.25, -0.2) is 9.97 Å². The number of piperidine rings is 1. The molecule has 0 radical (unpaired) electrons. The zero-order valence-corrected chi connectivity index (χ0v) is 16.4. The first-order valence-electron chi connectivity index (χ1n) is 8.71. The van der Waals surface area contributed by atoms with Gasteiger partial charge in [0.05, 0.1) is 5.52 Å². The summed E-state index contributed by atoms with van der Waals surface area (Å²) in [7, 11) is 0. The topological polar surface area (TPSA) is 41.0 Å². The monoisotopic (exact) mass is 444 g/mol.